The SMILES string of the molecule is CS(=O)(=O)CC[C@H](NS(=O)(=O)Cc1ccccc1)C(=O)O.O=C(O)[C@@H]1CCCN1. The van der Waals surface area contributed by atoms with Gasteiger partial charge < -0.3 is 15.5 Å². The highest BCUT2D eigenvalue weighted by atomic mass is 32.2. The standard InChI is InChI=1S/C12H17NO6S2.C5H9NO2/c1-20(16,17)8-7-11(12(14)15)13-21(18,19)9-10-5-3-2-4-6-10;7-5(8)4-2-1-3-6-4/h2-6,11,13H,7-9H2,1H3,(H,14,15);4,6H,1-3H2,(H,7,8)/t11-;4-/m00/s1. The zero-order valence-electron chi connectivity index (χ0n) is 15.9. The number of aliphatic carboxylic acids is 2. The molecule has 1 aromatic rings. The molecule has 0 amide bonds. The van der Waals surface area contributed by atoms with Crippen molar-refractivity contribution in [2.24, 2.45) is 0 Å². The first-order valence-electron chi connectivity index (χ1n) is 8.80. The van der Waals surface area contributed by atoms with Crippen LogP contribution in [0.5, 0.6) is 0 Å². The van der Waals surface area contributed by atoms with Crippen molar-refractivity contribution in [2.75, 3.05) is 18.6 Å². The van der Waals surface area contributed by atoms with Gasteiger partial charge in [0.05, 0.1) is 11.5 Å². The van der Waals surface area contributed by atoms with Crippen LogP contribution in [0, 0.1) is 0 Å². The van der Waals surface area contributed by atoms with E-state index in [0.717, 1.165) is 25.6 Å². The number of carboxylic acid groups (broad SMARTS) is 2. The molecule has 164 valence electrons. The van der Waals surface area contributed by atoms with E-state index >= 15 is 0 Å². The minimum Gasteiger partial charge on any atom is -0.480 e. The summed E-state index contributed by atoms with van der Waals surface area (Å²) in [5.41, 5.74) is 0.511. The second-order valence-corrected chi connectivity index (χ2v) is 10.7. The molecule has 0 unspecified atom stereocenters. The minimum atomic E-state index is -3.87. The van der Waals surface area contributed by atoms with Gasteiger partial charge in [-0.15, -0.1) is 0 Å². The fraction of sp³-hybridized carbons (Fsp3) is 0.529. The van der Waals surface area contributed by atoms with Crippen molar-refractivity contribution in [1.82, 2.24) is 10.0 Å². The van der Waals surface area contributed by atoms with Crippen LogP contribution in [-0.4, -0.2) is 69.6 Å². The maximum atomic E-state index is 11.9. The molecule has 0 aromatic heterocycles. The minimum absolute atomic E-state index is 0.269. The molecule has 12 heteroatoms. The lowest BCUT2D eigenvalue weighted by Gasteiger charge is -2.14. The number of nitrogens with one attached hydrogen (secondary N) is 2. The molecule has 1 aromatic carbocycles. The average Bonchev–Trinajstić information content (AvgIpc) is 3.13. The van der Waals surface area contributed by atoms with Crippen molar-refractivity contribution in [2.45, 2.75) is 37.1 Å². The first-order valence-corrected chi connectivity index (χ1v) is 12.5. The predicted octanol–water partition coefficient (Wildman–Crippen LogP) is -0.183. The van der Waals surface area contributed by atoms with Crippen LogP contribution in [0.15, 0.2) is 30.3 Å². The van der Waals surface area contributed by atoms with Gasteiger partial charge in [-0.3, -0.25) is 9.59 Å². The molecule has 2 rings (SSSR count). The van der Waals surface area contributed by atoms with E-state index < -0.39 is 43.6 Å². The Bertz CT molecular complexity index is 879. The van der Waals surface area contributed by atoms with Gasteiger partial charge in [0.1, 0.15) is 21.9 Å². The predicted molar refractivity (Wildman–Crippen MR) is 107 cm³/mol. The van der Waals surface area contributed by atoms with E-state index in [9.17, 15) is 26.4 Å². The smallest absolute Gasteiger partial charge is 0.321 e. The van der Waals surface area contributed by atoms with Gasteiger partial charge in [-0.05, 0) is 31.4 Å². The van der Waals surface area contributed by atoms with Crippen LogP contribution in [0.25, 0.3) is 0 Å². The molecule has 4 N–H and O–H groups in total. The summed E-state index contributed by atoms with van der Waals surface area (Å²) in [5, 5.41) is 20.2. The van der Waals surface area contributed by atoms with Crippen LogP contribution >= 0.6 is 0 Å². The number of hydrogen-bond donors (Lipinski definition) is 4. The molecule has 0 radical (unpaired) electrons. The topological polar surface area (TPSA) is 167 Å². The molecule has 29 heavy (non-hydrogen) atoms. The van der Waals surface area contributed by atoms with Gasteiger partial charge in [0.15, 0.2) is 0 Å². The Morgan fingerprint density at radius 1 is 1.17 bits per heavy atom. The Hall–Kier alpha value is -2.02. The van der Waals surface area contributed by atoms with Gasteiger partial charge in [0, 0.05) is 6.26 Å². The largest absolute Gasteiger partial charge is 0.480 e. The third-order valence-electron chi connectivity index (χ3n) is 3.96. The highest BCUT2D eigenvalue weighted by Gasteiger charge is 2.25. The summed E-state index contributed by atoms with van der Waals surface area (Å²) in [5.74, 6) is -2.90. The van der Waals surface area contributed by atoms with Gasteiger partial charge >= 0.3 is 11.9 Å². The van der Waals surface area contributed by atoms with Crippen LogP contribution in [0.1, 0.15) is 24.8 Å². The van der Waals surface area contributed by atoms with E-state index in [0.29, 0.717) is 5.56 Å². The first-order chi connectivity index (χ1) is 13.4. The maximum Gasteiger partial charge on any atom is 0.321 e. The zero-order valence-corrected chi connectivity index (χ0v) is 17.6. The Balaban J connectivity index is 0.000000436. The van der Waals surface area contributed by atoms with Crippen LogP contribution < -0.4 is 10.0 Å². The van der Waals surface area contributed by atoms with E-state index in [1.165, 1.54) is 0 Å². The first kappa shape index (κ1) is 25.0. The molecule has 1 fully saturated rings. The quantitative estimate of drug-likeness (QED) is 0.399. The Labute approximate surface area is 170 Å². The highest BCUT2D eigenvalue weighted by molar-refractivity contribution is 7.90. The van der Waals surface area contributed by atoms with Crippen LogP contribution in [0.2, 0.25) is 0 Å². The summed E-state index contributed by atoms with van der Waals surface area (Å²) in [6.45, 7) is 0.858. The van der Waals surface area contributed by atoms with Gasteiger partial charge in [0.2, 0.25) is 10.0 Å². The zero-order chi connectivity index (χ0) is 22.1. The molecule has 1 aliphatic rings. The fourth-order valence-corrected chi connectivity index (χ4v) is 4.54. The lowest BCUT2D eigenvalue weighted by atomic mass is 10.2. The molecule has 1 heterocycles. The monoisotopic (exact) mass is 450 g/mol. The van der Waals surface area contributed by atoms with E-state index in [2.05, 4.69) is 5.32 Å². The van der Waals surface area contributed by atoms with Crippen molar-refractivity contribution < 1.29 is 36.6 Å². The van der Waals surface area contributed by atoms with E-state index in [-0.39, 0.29) is 18.2 Å². The summed E-state index contributed by atoms with van der Waals surface area (Å²) in [6.07, 6.45) is 2.43. The van der Waals surface area contributed by atoms with Crippen molar-refractivity contribution in [1.29, 1.82) is 0 Å². The number of hydrogen-bond acceptors (Lipinski definition) is 7. The summed E-state index contributed by atoms with van der Waals surface area (Å²) in [4.78, 5) is 21.2. The average molecular weight is 451 g/mol. The lowest BCUT2D eigenvalue weighted by molar-refractivity contribution is -0.139. The highest BCUT2D eigenvalue weighted by Crippen LogP contribution is 2.07. The molecule has 2 atom stereocenters. The van der Waals surface area contributed by atoms with Crippen LogP contribution in [0.3, 0.4) is 0 Å². The molecular formula is C17H26N2O8S2. The molecule has 0 bridgehead atoms. The van der Waals surface area contributed by atoms with Crippen molar-refractivity contribution in [3.63, 3.8) is 0 Å². The Morgan fingerprint density at radius 2 is 1.79 bits per heavy atom. The number of benzene rings is 1. The van der Waals surface area contributed by atoms with Crippen molar-refractivity contribution >= 4 is 31.8 Å². The molecule has 0 aliphatic carbocycles. The molecule has 0 saturated carbocycles. The molecule has 10 nitrogen and oxygen atoms in total. The summed E-state index contributed by atoms with van der Waals surface area (Å²) < 4.78 is 47.9. The molecule has 0 spiro atoms. The molecule has 1 saturated heterocycles. The molecule has 1 aliphatic heterocycles. The second-order valence-electron chi connectivity index (χ2n) is 6.66. The van der Waals surface area contributed by atoms with E-state index in [1.54, 1.807) is 30.3 Å². The van der Waals surface area contributed by atoms with Crippen LogP contribution in [-0.2, 0) is 35.2 Å². The lowest BCUT2D eigenvalue weighted by Crippen LogP contribution is -2.42. The Morgan fingerprint density at radius 3 is 2.21 bits per heavy atom. The van der Waals surface area contributed by atoms with Crippen molar-refractivity contribution in [3.05, 3.63) is 35.9 Å². The summed E-state index contributed by atoms with van der Waals surface area (Å²) in [6, 6.07) is 6.54. The Kier molecular flexibility index (Phi) is 9.70. The molecular weight excluding hydrogens is 424 g/mol. The number of rotatable bonds is 9. The number of sulfonamides is 1. The van der Waals surface area contributed by atoms with Gasteiger partial charge in [-0.2, -0.15) is 0 Å². The second kappa shape index (κ2) is 11.2. The third kappa shape index (κ3) is 10.9. The normalized spacial score (nSPS) is 17.8. The number of sulfone groups is 1. The fourth-order valence-electron chi connectivity index (χ4n) is 2.51. The maximum absolute atomic E-state index is 11.9. The summed E-state index contributed by atoms with van der Waals surface area (Å²) >= 11 is 0. The number of carboxylic acids is 2. The van der Waals surface area contributed by atoms with Gasteiger partial charge in [0.25, 0.3) is 0 Å². The number of carbonyl (C=O) groups is 2. The van der Waals surface area contributed by atoms with Crippen LogP contribution in [0.4, 0.5) is 0 Å². The third-order valence-corrected chi connectivity index (χ3v) is 6.29. The van der Waals surface area contributed by atoms with E-state index in [1.807, 2.05) is 4.72 Å². The van der Waals surface area contributed by atoms with Gasteiger partial charge in [-0.25, -0.2) is 21.6 Å². The summed E-state index contributed by atoms with van der Waals surface area (Å²) in [7, 11) is -7.24. The van der Waals surface area contributed by atoms with E-state index in [4.69, 9.17) is 10.2 Å². The van der Waals surface area contributed by atoms with Gasteiger partial charge in [-0.1, -0.05) is 30.3 Å². The van der Waals surface area contributed by atoms with Crippen molar-refractivity contribution in [3.8, 4) is 0 Å².